The highest BCUT2D eigenvalue weighted by molar-refractivity contribution is 6.74. The van der Waals surface area contributed by atoms with Crippen molar-refractivity contribution in [3.63, 3.8) is 0 Å². The topological polar surface area (TPSA) is 111 Å². The molecule has 12 heteroatoms. The quantitative estimate of drug-likeness (QED) is 0.201. The molecular weight excluding hydrogens is 559 g/mol. The van der Waals surface area contributed by atoms with Crippen LogP contribution in [0.3, 0.4) is 0 Å². The van der Waals surface area contributed by atoms with Crippen molar-refractivity contribution >= 4 is 37.6 Å². The fourth-order valence-corrected chi connectivity index (χ4v) is 5.43. The third kappa shape index (κ3) is 7.11. The van der Waals surface area contributed by atoms with Crippen LogP contribution in [0.5, 0.6) is 5.75 Å². The SMILES string of the molecule is Cc1noc(C)c1-c1nc(-c2cc(OCC(CN(C)C(=O)O)O[Si](C)(C)C(C)(C)C)ccc2Cl)nc(Cl)c1C. The minimum atomic E-state index is -2.20. The monoisotopic (exact) mass is 594 g/mol. The first-order valence-corrected chi connectivity index (χ1v) is 16.2. The van der Waals surface area contributed by atoms with Gasteiger partial charge in [-0.2, -0.15) is 0 Å². The predicted octanol–water partition coefficient (Wildman–Crippen LogP) is 7.41. The number of nitrogens with zero attached hydrogens (tertiary/aromatic N) is 4. The smallest absolute Gasteiger partial charge is 0.407 e. The van der Waals surface area contributed by atoms with E-state index in [2.05, 4.69) is 44.0 Å². The number of aryl methyl sites for hydroxylation is 2. The van der Waals surface area contributed by atoms with Crippen LogP contribution in [0.15, 0.2) is 22.7 Å². The number of likely N-dealkylation sites (N-methyl/N-ethyl adjacent to an activating group) is 1. The van der Waals surface area contributed by atoms with Crippen molar-refractivity contribution in [3.05, 3.63) is 45.4 Å². The molecule has 212 valence electrons. The van der Waals surface area contributed by atoms with Crippen molar-refractivity contribution in [1.82, 2.24) is 20.0 Å². The molecule has 0 aliphatic heterocycles. The van der Waals surface area contributed by atoms with E-state index in [0.717, 1.165) is 5.56 Å². The maximum Gasteiger partial charge on any atom is 0.407 e. The molecule has 2 aromatic heterocycles. The van der Waals surface area contributed by atoms with Crippen LogP contribution in [-0.4, -0.2) is 65.8 Å². The summed E-state index contributed by atoms with van der Waals surface area (Å²) in [5, 5.41) is 14.1. The zero-order valence-corrected chi connectivity index (χ0v) is 26.4. The van der Waals surface area contributed by atoms with Crippen molar-refractivity contribution in [3.8, 4) is 28.4 Å². The number of amides is 1. The van der Waals surface area contributed by atoms with E-state index in [9.17, 15) is 9.90 Å². The predicted molar refractivity (Wildman–Crippen MR) is 155 cm³/mol. The lowest BCUT2D eigenvalue weighted by Crippen LogP contribution is -2.49. The van der Waals surface area contributed by atoms with Crippen LogP contribution in [0.2, 0.25) is 28.3 Å². The lowest BCUT2D eigenvalue weighted by atomic mass is 10.1. The lowest BCUT2D eigenvalue weighted by Gasteiger charge is -2.39. The van der Waals surface area contributed by atoms with E-state index in [4.69, 9.17) is 41.9 Å². The van der Waals surface area contributed by atoms with Crippen molar-refractivity contribution < 1.29 is 23.6 Å². The van der Waals surface area contributed by atoms with Crippen LogP contribution >= 0.6 is 23.2 Å². The van der Waals surface area contributed by atoms with E-state index in [1.54, 1.807) is 18.2 Å². The third-order valence-electron chi connectivity index (χ3n) is 7.04. The number of carbonyl (C=O) groups is 1. The average molecular weight is 596 g/mol. The molecule has 0 radical (unpaired) electrons. The summed E-state index contributed by atoms with van der Waals surface area (Å²) in [4.78, 5) is 22.0. The van der Waals surface area contributed by atoms with E-state index in [1.165, 1.54) is 11.9 Å². The minimum absolute atomic E-state index is 0.0541. The summed E-state index contributed by atoms with van der Waals surface area (Å²) in [6.45, 7) is 16.4. The van der Waals surface area contributed by atoms with Crippen molar-refractivity contribution in [2.45, 2.75) is 65.8 Å². The lowest BCUT2D eigenvalue weighted by molar-refractivity contribution is 0.0794. The highest BCUT2D eigenvalue weighted by Gasteiger charge is 2.39. The Hall–Kier alpha value is -2.66. The Kier molecular flexibility index (Phi) is 9.37. The van der Waals surface area contributed by atoms with Crippen molar-refractivity contribution in [2.75, 3.05) is 20.2 Å². The Morgan fingerprint density at radius 3 is 2.41 bits per heavy atom. The van der Waals surface area contributed by atoms with Gasteiger partial charge in [0.15, 0.2) is 14.1 Å². The Morgan fingerprint density at radius 2 is 1.85 bits per heavy atom. The van der Waals surface area contributed by atoms with Gasteiger partial charge in [0.2, 0.25) is 0 Å². The summed E-state index contributed by atoms with van der Waals surface area (Å²) in [6, 6.07) is 5.18. The molecule has 0 saturated heterocycles. The minimum Gasteiger partial charge on any atom is -0.491 e. The number of halogens is 2. The molecule has 1 unspecified atom stereocenters. The van der Waals surface area contributed by atoms with Gasteiger partial charge in [-0.3, -0.25) is 0 Å². The second-order valence-electron chi connectivity index (χ2n) is 11.1. The van der Waals surface area contributed by atoms with Gasteiger partial charge in [0.25, 0.3) is 0 Å². The molecule has 1 amide bonds. The van der Waals surface area contributed by atoms with Crippen LogP contribution in [0.25, 0.3) is 22.6 Å². The van der Waals surface area contributed by atoms with Gasteiger partial charge < -0.3 is 23.7 Å². The molecule has 3 rings (SSSR count). The van der Waals surface area contributed by atoms with Crippen LogP contribution in [0, 0.1) is 20.8 Å². The molecule has 0 spiro atoms. The number of hydrogen-bond acceptors (Lipinski definition) is 7. The van der Waals surface area contributed by atoms with Gasteiger partial charge in [0.05, 0.1) is 34.6 Å². The molecule has 0 saturated carbocycles. The number of carboxylic acid groups (broad SMARTS) is 1. The van der Waals surface area contributed by atoms with E-state index in [1.807, 2.05) is 20.8 Å². The largest absolute Gasteiger partial charge is 0.491 e. The molecule has 0 fully saturated rings. The molecule has 1 N–H and O–H groups in total. The van der Waals surface area contributed by atoms with Crippen LogP contribution in [0.4, 0.5) is 4.79 Å². The molecule has 1 aromatic carbocycles. The number of rotatable bonds is 9. The van der Waals surface area contributed by atoms with Crippen LogP contribution in [0.1, 0.15) is 37.8 Å². The first kappa shape index (κ1) is 30.9. The normalized spacial score (nSPS) is 12.9. The summed E-state index contributed by atoms with van der Waals surface area (Å²) < 4.78 is 18.0. The van der Waals surface area contributed by atoms with Crippen molar-refractivity contribution in [1.29, 1.82) is 0 Å². The molecule has 2 heterocycles. The Balaban J connectivity index is 1.93. The zero-order valence-electron chi connectivity index (χ0n) is 23.8. The molecule has 0 bridgehead atoms. The average Bonchev–Trinajstić information content (AvgIpc) is 3.16. The zero-order chi connectivity index (χ0) is 29.3. The van der Waals surface area contributed by atoms with E-state index >= 15 is 0 Å². The Morgan fingerprint density at radius 1 is 1.18 bits per heavy atom. The molecule has 39 heavy (non-hydrogen) atoms. The van der Waals surface area contributed by atoms with E-state index in [0.29, 0.717) is 44.9 Å². The molecule has 9 nitrogen and oxygen atoms in total. The third-order valence-corrected chi connectivity index (χ3v) is 12.3. The second-order valence-corrected chi connectivity index (χ2v) is 16.6. The van der Waals surface area contributed by atoms with Gasteiger partial charge in [0, 0.05) is 18.2 Å². The van der Waals surface area contributed by atoms with E-state index < -0.39 is 20.5 Å². The van der Waals surface area contributed by atoms with Crippen molar-refractivity contribution in [2.24, 2.45) is 0 Å². The fourth-order valence-electron chi connectivity index (χ4n) is 3.73. The van der Waals surface area contributed by atoms with Crippen LogP contribution < -0.4 is 4.74 Å². The Labute approximate surface area is 240 Å². The summed E-state index contributed by atoms with van der Waals surface area (Å²) in [7, 11) is -0.689. The van der Waals surface area contributed by atoms with Gasteiger partial charge in [-0.25, -0.2) is 14.8 Å². The summed E-state index contributed by atoms with van der Waals surface area (Å²) in [5.74, 6) is 1.46. The maximum absolute atomic E-state index is 11.5. The van der Waals surface area contributed by atoms with E-state index in [-0.39, 0.29) is 23.3 Å². The van der Waals surface area contributed by atoms with Gasteiger partial charge in [-0.1, -0.05) is 49.1 Å². The first-order chi connectivity index (χ1) is 18.0. The summed E-state index contributed by atoms with van der Waals surface area (Å²) >= 11 is 13.1. The van der Waals surface area contributed by atoms with Gasteiger partial charge in [-0.05, 0) is 57.1 Å². The Bertz CT molecular complexity index is 1340. The number of aromatic nitrogens is 3. The molecular formula is C27H36Cl2N4O5Si. The molecule has 1 atom stereocenters. The van der Waals surface area contributed by atoms with Gasteiger partial charge in [-0.15, -0.1) is 0 Å². The first-order valence-electron chi connectivity index (χ1n) is 12.5. The summed E-state index contributed by atoms with van der Waals surface area (Å²) in [5.41, 5.74) is 3.30. The highest BCUT2D eigenvalue weighted by atomic mass is 35.5. The summed E-state index contributed by atoms with van der Waals surface area (Å²) in [6.07, 6.45) is -1.50. The van der Waals surface area contributed by atoms with Gasteiger partial charge in [0.1, 0.15) is 23.3 Å². The molecule has 0 aliphatic carbocycles. The fraction of sp³-hybridized carbons (Fsp3) is 0.481. The number of benzene rings is 1. The molecule has 0 aliphatic rings. The standard InChI is InChI=1S/C27H36Cl2N4O5Si/c1-15-23(22-16(2)32-37-17(22)3)30-25(31-24(15)29)20-12-18(10-11-21(20)28)36-14-19(13-33(7)26(34)35)38-39(8,9)27(4,5)6/h10-12,19H,13-14H2,1-9H3,(H,34,35). The van der Waals surface area contributed by atoms with Gasteiger partial charge >= 0.3 is 6.09 Å². The molecule has 3 aromatic rings. The number of hydrogen-bond donors (Lipinski definition) is 1. The second kappa shape index (κ2) is 11.8. The number of ether oxygens (including phenoxy) is 1. The maximum atomic E-state index is 11.5. The highest BCUT2D eigenvalue weighted by Crippen LogP contribution is 2.38. The van der Waals surface area contributed by atoms with Crippen LogP contribution in [-0.2, 0) is 4.43 Å².